The lowest BCUT2D eigenvalue weighted by Gasteiger charge is -2.08. The van der Waals surface area contributed by atoms with Crippen LogP contribution in [0.25, 0.3) is 0 Å². The van der Waals surface area contributed by atoms with Crippen molar-refractivity contribution < 1.29 is 4.79 Å². The zero-order valence-electron chi connectivity index (χ0n) is 9.37. The molecule has 0 bridgehead atoms. The van der Waals surface area contributed by atoms with Crippen molar-refractivity contribution >= 4 is 38.9 Å². The van der Waals surface area contributed by atoms with Gasteiger partial charge in [-0.1, -0.05) is 15.9 Å². The molecule has 88 valence electrons. The van der Waals surface area contributed by atoms with E-state index in [1.165, 1.54) is 0 Å². The Labute approximate surface area is 113 Å². The van der Waals surface area contributed by atoms with Crippen LogP contribution in [0, 0.1) is 6.92 Å². The SMILES string of the molecule is Cc1cc(Br)ccc1NC(=O)Cc1ccsc1. The number of hydrogen-bond donors (Lipinski definition) is 1. The molecule has 0 aliphatic heterocycles. The van der Waals surface area contributed by atoms with Crippen molar-refractivity contribution in [2.75, 3.05) is 5.32 Å². The van der Waals surface area contributed by atoms with Crippen molar-refractivity contribution in [1.29, 1.82) is 0 Å². The van der Waals surface area contributed by atoms with Crippen LogP contribution < -0.4 is 5.32 Å². The molecule has 0 atom stereocenters. The standard InChI is InChI=1S/C13H12BrNOS/c1-9-6-11(14)2-3-12(9)15-13(16)7-10-4-5-17-8-10/h2-6,8H,7H2,1H3,(H,15,16). The van der Waals surface area contributed by atoms with E-state index in [1.807, 2.05) is 41.9 Å². The molecule has 0 spiro atoms. The molecule has 0 radical (unpaired) electrons. The Morgan fingerprint density at radius 3 is 2.88 bits per heavy atom. The summed E-state index contributed by atoms with van der Waals surface area (Å²) in [6.07, 6.45) is 0.430. The van der Waals surface area contributed by atoms with Crippen molar-refractivity contribution in [2.24, 2.45) is 0 Å². The summed E-state index contributed by atoms with van der Waals surface area (Å²) >= 11 is 5.01. The summed E-state index contributed by atoms with van der Waals surface area (Å²) in [5.41, 5.74) is 2.98. The van der Waals surface area contributed by atoms with Gasteiger partial charge in [-0.05, 0) is 53.1 Å². The third kappa shape index (κ3) is 3.41. The topological polar surface area (TPSA) is 29.1 Å². The highest BCUT2D eigenvalue weighted by Crippen LogP contribution is 2.20. The van der Waals surface area contributed by atoms with E-state index in [0.717, 1.165) is 21.3 Å². The van der Waals surface area contributed by atoms with Crippen LogP contribution in [0.2, 0.25) is 0 Å². The Balaban J connectivity index is 2.03. The normalized spacial score (nSPS) is 10.2. The molecule has 0 fully saturated rings. The van der Waals surface area contributed by atoms with Gasteiger partial charge in [-0.25, -0.2) is 0 Å². The van der Waals surface area contributed by atoms with Gasteiger partial charge in [-0.15, -0.1) is 0 Å². The van der Waals surface area contributed by atoms with E-state index in [0.29, 0.717) is 6.42 Å². The minimum atomic E-state index is 0.0221. The lowest BCUT2D eigenvalue weighted by atomic mass is 10.2. The van der Waals surface area contributed by atoms with Gasteiger partial charge in [0.25, 0.3) is 0 Å². The van der Waals surface area contributed by atoms with Crippen LogP contribution in [0.15, 0.2) is 39.5 Å². The minimum Gasteiger partial charge on any atom is -0.326 e. The Hall–Kier alpha value is -1.13. The van der Waals surface area contributed by atoms with Gasteiger partial charge in [0.2, 0.25) is 5.91 Å². The number of nitrogens with one attached hydrogen (secondary N) is 1. The third-order valence-electron chi connectivity index (χ3n) is 2.41. The van der Waals surface area contributed by atoms with E-state index < -0.39 is 0 Å². The zero-order chi connectivity index (χ0) is 12.3. The maximum atomic E-state index is 11.8. The number of amides is 1. The molecule has 1 heterocycles. The number of halogens is 1. The van der Waals surface area contributed by atoms with Crippen LogP contribution in [-0.4, -0.2) is 5.91 Å². The van der Waals surface area contributed by atoms with E-state index in [9.17, 15) is 4.79 Å². The molecule has 4 heteroatoms. The van der Waals surface area contributed by atoms with Gasteiger partial charge in [0.15, 0.2) is 0 Å². The Morgan fingerprint density at radius 1 is 1.41 bits per heavy atom. The van der Waals surface area contributed by atoms with Crippen LogP contribution in [0.5, 0.6) is 0 Å². The maximum absolute atomic E-state index is 11.8. The van der Waals surface area contributed by atoms with Gasteiger partial charge in [0.1, 0.15) is 0 Å². The first-order valence-corrected chi connectivity index (χ1v) is 6.96. The molecule has 1 N–H and O–H groups in total. The molecule has 1 aromatic heterocycles. The van der Waals surface area contributed by atoms with Crippen LogP contribution in [0.1, 0.15) is 11.1 Å². The first kappa shape index (κ1) is 12.3. The van der Waals surface area contributed by atoms with E-state index in [1.54, 1.807) is 11.3 Å². The molecule has 0 unspecified atom stereocenters. The molecule has 2 aromatic rings. The maximum Gasteiger partial charge on any atom is 0.228 e. The van der Waals surface area contributed by atoms with Crippen molar-refractivity contribution in [3.63, 3.8) is 0 Å². The fraction of sp³-hybridized carbons (Fsp3) is 0.154. The second-order valence-electron chi connectivity index (χ2n) is 3.82. The predicted octanol–water partition coefficient (Wildman–Crippen LogP) is 4.00. The summed E-state index contributed by atoms with van der Waals surface area (Å²) in [6, 6.07) is 7.79. The molecule has 0 saturated carbocycles. The van der Waals surface area contributed by atoms with E-state index in [-0.39, 0.29) is 5.91 Å². The number of rotatable bonds is 3. The first-order chi connectivity index (χ1) is 8.15. The Kier molecular flexibility index (Phi) is 3.97. The highest BCUT2D eigenvalue weighted by molar-refractivity contribution is 9.10. The molecule has 2 nitrogen and oxygen atoms in total. The fourth-order valence-corrected chi connectivity index (χ4v) is 2.68. The van der Waals surface area contributed by atoms with Gasteiger partial charge in [-0.2, -0.15) is 11.3 Å². The summed E-state index contributed by atoms with van der Waals surface area (Å²) in [5.74, 6) is 0.0221. The number of benzene rings is 1. The Morgan fingerprint density at radius 2 is 2.24 bits per heavy atom. The van der Waals surface area contributed by atoms with Crippen molar-refractivity contribution in [2.45, 2.75) is 13.3 Å². The number of aryl methyl sites for hydroxylation is 1. The number of carbonyl (C=O) groups excluding carboxylic acids is 1. The summed E-state index contributed by atoms with van der Waals surface area (Å²) in [6.45, 7) is 1.98. The van der Waals surface area contributed by atoms with Gasteiger partial charge < -0.3 is 5.32 Å². The lowest BCUT2D eigenvalue weighted by Crippen LogP contribution is -2.14. The summed E-state index contributed by atoms with van der Waals surface area (Å²) in [4.78, 5) is 11.8. The third-order valence-corrected chi connectivity index (χ3v) is 3.63. The molecular weight excluding hydrogens is 298 g/mol. The smallest absolute Gasteiger partial charge is 0.228 e. The monoisotopic (exact) mass is 309 g/mol. The van der Waals surface area contributed by atoms with Gasteiger partial charge in [0.05, 0.1) is 6.42 Å². The number of anilines is 1. The Bertz CT molecular complexity index is 522. The van der Waals surface area contributed by atoms with Crippen molar-refractivity contribution in [1.82, 2.24) is 0 Å². The second kappa shape index (κ2) is 5.47. The molecule has 1 amide bonds. The summed E-state index contributed by atoms with van der Waals surface area (Å²) in [5, 5.41) is 6.89. The van der Waals surface area contributed by atoms with Gasteiger partial charge in [0, 0.05) is 10.2 Å². The first-order valence-electron chi connectivity index (χ1n) is 5.22. The van der Waals surface area contributed by atoms with Crippen LogP contribution in [-0.2, 0) is 11.2 Å². The highest BCUT2D eigenvalue weighted by atomic mass is 79.9. The molecule has 2 rings (SSSR count). The van der Waals surface area contributed by atoms with Crippen LogP contribution >= 0.6 is 27.3 Å². The average Bonchev–Trinajstić information content (AvgIpc) is 2.75. The lowest BCUT2D eigenvalue weighted by molar-refractivity contribution is -0.115. The van der Waals surface area contributed by atoms with Crippen LogP contribution in [0.4, 0.5) is 5.69 Å². The van der Waals surface area contributed by atoms with Crippen LogP contribution in [0.3, 0.4) is 0 Å². The largest absolute Gasteiger partial charge is 0.326 e. The summed E-state index contributed by atoms with van der Waals surface area (Å²) < 4.78 is 1.02. The van der Waals surface area contributed by atoms with Crippen molar-refractivity contribution in [3.05, 3.63) is 50.6 Å². The molecule has 0 aliphatic carbocycles. The number of thiophene rings is 1. The molecule has 1 aromatic carbocycles. The molecular formula is C13H12BrNOS. The number of carbonyl (C=O) groups is 1. The molecule has 0 aliphatic rings. The minimum absolute atomic E-state index is 0.0221. The predicted molar refractivity (Wildman–Crippen MR) is 75.5 cm³/mol. The zero-order valence-corrected chi connectivity index (χ0v) is 11.8. The second-order valence-corrected chi connectivity index (χ2v) is 5.51. The van der Waals surface area contributed by atoms with E-state index in [2.05, 4.69) is 21.2 Å². The molecule has 0 saturated heterocycles. The van der Waals surface area contributed by atoms with Crippen molar-refractivity contribution in [3.8, 4) is 0 Å². The van der Waals surface area contributed by atoms with E-state index in [4.69, 9.17) is 0 Å². The highest BCUT2D eigenvalue weighted by Gasteiger charge is 2.06. The average molecular weight is 310 g/mol. The number of hydrogen-bond acceptors (Lipinski definition) is 2. The molecule has 17 heavy (non-hydrogen) atoms. The van der Waals surface area contributed by atoms with E-state index >= 15 is 0 Å². The summed E-state index contributed by atoms with van der Waals surface area (Å²) in [7, 11) is 0. The fourth-order valence-electron chi connectivity index (χ4n) is 1.54. The quantitative estimate of drug-likeness (QED) is 0.912. The van der Waals surface area contributed by atoms with Gasteiger partial charge >= 0.3 is 0 Å². The van der Waals surface area contributed by atoms with Gasteiger partial charge in [-0.3, -0.25) is 4.79 Å².